The molecule has 0 amide bonds. The van der Waals surface area contributed by atoms with Crippen LogP contribution in [0.1, 0.15) is 12.8 Å². The van der Waals surface area contributed by atoms with E-state index in [0.29, 0.717) is 30.1 Å². The second-order valence-electron chi connectivity index (χ2n) is 5.56. The Morgan fingerprint density at radius 1 is 0.962 bits per heavy atom. The summed E-state index contributed by atoms with van der Waals surface area (Å²) in [4.78, 5) is 23.2. The van der Waals surface area contributed by atoms with Gasteiger partial charge in [-0.2, -0.15) is 0 Å². The van der Waals surface area contributed by atoms with Crippen LogP contribution >= 0.6 is 0 Å². The van der Waals surface area contributed by atoms with Gasteiger partial charge in [-0.3, -0.25) is 4.79 Å². The van der Waals surface area contributed by atoms with Gasteiger partial charge in [0.2, 0.25) is 0 Å². The van der Waals surface area contributed by atoms with Crippen molar-refractivity contribution in [2.24, 2.45) is 0 Å². The smallest absolute Gasteiger partial charge is 0.336 e. The van der Waals surface area contributed by atoms with Crippen LogP contribution in [0, 0.1) is 0 Å². The molecule has 0 aliphatic heterocycles. The second-order valence-corrected chi connectivity index (χ2v) is 5.56. The van der Waals surface area contributed by atoms with Gasteiger partial charge in [-0.15, -0.1) is 0 Å². The molecule has 0 atom stereocenters. The Labute approximate surface area is 149 Å². The van der Waals surface area contributed by atoms with Gasteiger partial charge in [0, 0.05) is 23.9 Å². The van der Waals surface area contributed by atoms with E-state index < -0.39 is 5.63 Å². The van der Waals surface area contributed by atoms with Gasteiger partial charge < -0.3 is 18.6 Å². The van der Waals surface area contributed by atoms with E-state index in [9.17, 15) is 9.59 Å². The van der Waals surface area contributed by atoms with Crippen molar-refractivity contribution >= 4 is 16.9 Å². The lowest BCUT2D eigenvalue weighted by Gasteiger charge is -2.07. The number of benzene rings is 2. The van der Waals surface area contributed by atoms with E-state index in [4.69, 9.17) is 18.6 Å². The van der Waals surface area contributed by atoms with Gasteiger partial charge in [0.1, 0.15) is 22.8 Å². The summed E-state index contributed by atoms with van der Waals surface area (Å²) in [5, 5.41) is 0.761. The zero-order chi connectivity index (χ0) is 18.4. The van der Waals surface area contributed by atoms with Crippen LogP contribution in [0.5, 0.6) is 17.2 Å². The van der Waals surface area contributed by atoms with Crippen LogP contribution in [0.15, 0.2) is 63.8 Å². The molecule has 1 heterocycles. The van der Waals surface area contributed by atoms with Crippen molar-refractivity contribution in [2.45, 2.75) is 12.8 Å². The molecule has 0 bridgehead atoms. The molecule has 3 rings (SSSR count). The van der Waals surface area contributed by atoms with Crippen molar-refractivity contribution in [1.82, 2.24) is 0 Å². The van der Waals surface area contributed by atoms with Crippen molar-refractivity contribution in [3.8, 4) is 17.2 Å². The molecule has 6 heteroatoms. The largest absolute Gasteiger partial charge is 0.497 e. The van der Waals surface area contributed by atoms with Crippen molar-refractivity contribution in [3.05, 3.63) is 65.0 Å². The van der Waals surface area contributed by atoms with Crippen LogP contribution in [0.3, 0.4) is 0 Å². The quantitative estimate of drug-likeness (QED) is 0.279. The maximum atomic E-state index is 11.9. The first-order chi connectivity index (χ1) is 12.6. The molecule has 0 spiro atoms. The minimum Gasteiger partial charge on any atom is -0.497 e. The highest BCUT2D eigenvalue weighted by atomic mass is 16.5. The average Bonchev–Trinajstić information content (AvgIpc) is 2.65. The fourth-order valence-electron chi connectivity index (χ4n) is 2.37. The van der Waals surface area contributed by atoms with Crippen molar-refractivity contribution < 1.29 is 23.4 Å². The number of esters is 1. The van der Waals surface area contributed by atoms with Gasteiger partial charge in [-0.1, -0.05) is 0 Å². The van der Waals surface area contributed by atoms with Crippen LogP contribution < -0.4 is 19.8 Å². The molecule has 134 valence electrons. The van der Waals surface area contributed by atoms with Crippen molar-refractivity contribution in [2.75, 3.05) is 13.7 Å². The Balaban J connectivity index is 1.47. The number of carbonyl (C=O) groups is 1. The highest BCUT2D eigenvalue weighted by Crippen LogP contribution is 2.20. The van der Waals surface area contributed by atoms with Gasteiger partial charge >= 0.3 is 11.6 Å². The highest BCUT2D eigenvalue weighted by molar-refractivity contribution is 5.79. The molecular formula is C20H18O6. The molecule has 3 aromatic rings. The molecule has 0 radical (unpaired) electrons. The number of carbonyl (C=O) groups excluding carboxylic acids is 1. The zero-order valence-corrected chi connectivity index (χ0v) is 14.3. The number of ether oxygens (including phenoxy) is 3. The SMILES string of the molecule is COc1ccc(OCCCC(=O)Oc2ccc3ccc(=O)oc3c2)cc1. The van der Waals surface area contributed by atoms with Crippen molar-refractivity contribution in [3.63, 3.8) is 0 Å². The van der Waals surface area contributed by atoms with Gasteiger partial charge in [-0.05, 0) is 48.9 Å². The van der Waals surface area contributed by atoms with E-state index >= 15 is 0 Å². The summed E-state index contributed by atoms with van der Waals surface area (Å²) in [6.45, 7) is 0.397. The van der Waals surface area contributed by atoms with E-state index in [1.165, 1.54) is 12.1 Å². The third-order valence-electron chi connectivity index (χ3n) is 3.68. The van der Waals surface area contributed by atoms with Gasteiger partial charge in [0.15, 0.2) is 0 Å². The second kappa shape index (κ2) is 8.20. The zero-order valence-electron chi connectivity index (χ0n) is 14.3. The van der Waals surface area contributed by atoms with E-state index in [0.717, 1.165) is 11.1 Å². The van der Waals surface area contributed by atoms with Crippen LogP contribution in [0.25, 0.3) is 11.0 Å². The first kappa shape index (κ1) is 17.5. The summed E-state index contributed by atoms with van der Waals surface area (Å²) in [6.07, 6.45) is 0.737. The van der Waals surface area contributed by atoms with Gasteiger partial charge in [0.05, 0.1) is 13.7 Å². The van der Waals surface area contributed by atoms with Crippen LogP contribution in [-0.4, -0.2) is 19.7 Å². The molecule has 0 unspecified atom stereocenters. The summed E-state index contributed by atoms with van der Waals surface area (Å²) in [6, 6.07) is 15.1. The van der Waals surface area contributed by atoms with E-state index in [2.05, 4.69) is 0 Å². The van der Waals surface area contributed by atoms with Gasteiger partial charge in [-0.25, -0.2) is 4.79 Å². The summed E-state index contributed by atoms with van der Waals surface area (Å²) in [5.74, 6) is 1.43. The lowest BCUT2D eigenvalue weighted by molar-refractivity contribution is -0.134. The third-order valence-corrected chi connectivity index (χ3v) is 3.68. The molecule has 1 aromatic heterocycles. The third kappa shape index (κ3) is 4.63. The van der Waals surface area contributed by atoms with Crippen LogP contribution in [0.2, 0.25) is 0 Å². The number of fused-ring (bicyclic) bond motifs is 1. The Morgan fingerprint density at radius 2 is 1.65 bits per heavy atom. The van der Waals surface area contributed by atoms with E-state index in [1.54, 1.807) is 37.4 Å². The minimum atomic E-state index is -0.448. The van der Waals surface area contributed by atoms with Crippen LogP contribution in [0.4, 0.5) is 0 Å². The van der Waals surface area contributed by atoms with Gasteiger partial charge in [0.25, 0.3) is 0 Å². The molecule has 0 N–H and O–H groups in total. The average molecular weight is 354 g/mol. The molecular weight excluding hydrogens is 336 g/mol. The monoisotopic (exact) mass is 354 g/mol. The molecule has 0 saturated heterocycles. The summed E-state index contributed by atoms with van der Waals surface area (Å²) in [7, 11) is 1.60. The lowest BCUT2D eigenvalue weighted by Crippen LogP contribution is -2.10. The number of methoxy groups -OCH3 is 1. The fourth-order valence-corrected chi connectivity index (χ4v) is 2.37. The first-order valence-electron chi connectivity index (χ1n) is 8.15. The van der Waals surface area contributed by atoms with Crippen LogP contribution in [-0.2, 0) is 4.79 Å². The Hall–Kier alpha value is -3.28. The molecule has 26 heavy (non-hydrogen) atoms. The molecule has 0 aliphatic carbocycles. The first-order valence-corrected chi connectivity index (χ1v) is 8.15. The number of hydrogen-bond donors (Lipinski definition) is 0. The maximum Gasteiger partial charge on any atom is 0.336 e. The summed E-state index contributed by atoms with van der Waals surface area (Å²) < 4.78 is 21.0. The number of rotatable bonds is 7. The lowest BCUT2D eigenvalue weighted by atomic mass is 10.2. The topological polar surface area (TPSA) is 75.0 Å². The molecule has 6 nitrogen and oxygen atoms in total. The predicted octanol–water partition coefficient (Wildman–Crippen LogP) is 3.57. The molecule has 0 saturated carbocycles. The summed E-state index contributed by atoms with van der Waals surface area (Å²) in [5.41, 5.74) is -0.0673. The highest BCUT2D eigenvalue weighted by Gasteiger charge is 2.07. The van der Waals surface area contributed by atoms with E-state index in [-0.39, 0.29) is 12.4 Å². The summed E-state index contributed by atoms with van der Waals surface area (Å²) >= 11 is 0. The molecule has 0 aliphatic rings. The predicted molar refractivity (Wildman–Crippen MR) is 95.8 cm³/mol. The number of hydrogen-bond acceptors (Lipinski definition) is 6. The normalized spacial score (nSPS) is 10.5. The van der Waals surface area contributed by atoms with E-state index in [1.807, 2.05) is 12.1 Å². The fraction of sp³-hybridized carbons (Fsp3) is 0.200. The minimum absolute atomic E-state index is 0.215. The maximum absolute atomic E-state index is 11.9. The standard InChI is InChI=1S/C20H18O6/c1-23-15-7-9-16(10-8-15)24-12-2-3-19(21)25-17-6-4-14-5-11-20(22)26-18(14)13-17/h4-11,13H,2-3,12H2,1H3. The Bertz CT molecular complexity index is 942. The molecule has 0 fully saturated rings. The Morgan fingerprint density at radius 3 is 2.42 bits per heavy atom. The Kier molecular flexibility index (Phi) is 5.53. The van der Waals surface area contributed by atoms with Crippen molar-refractivity contribution in [1.29, 1.82) is 0 Å². The molecule has 2 aromatic carbocycles.